The molecule has 1 aromatic rings. The lowest BCUT2D eigenvalue weighted by Gasteiger charge is -2.15. The molecule has 2 amide bonds. The zero-order chi connectivity index (χ0) is 16.0. The van der Waals surface area contributed by atoms with E-state index in [1.54, 1.807) is 6.26 Å². The third-order valence-electron chi connectivity index (χ3n) is 2.50. The lowest BCUT2D eigenvalue weighted by atomic mass is 10.2. The molecule has 0 fully saturated rings. The molecule has 0 aliphatic carbocycles. The van der Waals surface area contributed by atoms with Crippen LogP contribution in [0, 0.1) is 17.5 Å². The molecule has 3 N–H and O–H groups in total. The van der Waals surface area contributed by atoms with Gasteiger partial charge in [0.05, 0.1) is 5.69 Å². The van der Waals surface area contributed by atoms with E-state index in [4.69, 9.17) is 5.11 Å². The number of thioether (sulfide) groups is 1. The number of hydrogen-bond donors (Lipinski definition) is 3. The fourth-order valence-electron chi connectivity index (χ4n) is 1.43. The minimum atomic E-state index is -1.72. The molecular formula is C12H13F3N2O3S. The molecule has 1 atom stereocenters. The number of halogens is 3. The summed E-state index contributed by atoms with van der Waals surface area (Å²) in [6, 6.07) is -0.694. The first-order valence-corrected chi connectivity index (χ1v) is 7.19. The number of amides is 2. The van der Waals surface area contributed by atoms with Gasteiger partial charge in [0.25, 0.3) is 0 Å². The molecule has 0 radical (unpaired) electrons. The maximum absolute atomic E-state index is 13.3. The number of nitrogens with one attached hydrogen (secondary N) is 2. The van der Waals surface area contributed by atoms with Crippen molar-refractivity contribution in [1.82, 2.24) is 5.32 Å². The Balaban J connectivity index is 2.72. The summed E-state index contributed by atoms with van der Waals surface area (Å²) in [6.07, 6.45) is 1.94. The Morgan fingerprint density at radius 3 is 2.52 bits per heavy atom. The molecule has 0 heterocycles. The maximum atomic E-state index is 13.3. The normalized spacial score (nSPS) is 11.8. The Bertz CT molecular complexity index is 543. The first-order valence-electron chi connectivity index (χ1n) is 5.79. The van der Waals surface area contributed by atoms with Gasteiger partial charge in [-0.05, 0) is 30.6 Å². The van der Waals surface area contributed by atoms with Gasteiger partial charge in [0, 0.05) is 0 Å². The largest absolute Gasteiger partial charge is 0.480 e. The molecule has 1 aromatic carbocycles. The van der Waals surface area contributed by atoms with Gasteiger partial charge in [-0.3, -0.25) is 0 Å². The van der Waals surface area contributed by atoms with Gasteiger partial charge < -0.3 is 15.7 Å². The Kier molecular flexibility index (Phi) is 6.35. The van der Waals surface area contributed by atoms with Crippen molar-refractivity contribution in [2.24, 2.45) is 0 Å². The zero-order valence-corrected chi connectivity index (χ0v) is 11.8. The summed E-state index contributed by atoms with van der Waals surface area (Å²) in [7, 11) is 0. The van der Waals surface area contributed by atoms with Crippen molar-refractivity contribution in [2.45, 2.75) is 12.5 Å². The summed E-state index contributed by atoms with van der Waals surface area (Å²) in [5.41, 5.74) is -0.583. The molecule has 0 aromatic heterocycles. The van der Waals surface area contributed by atoms with Gasteiger partial charge in [0.2, 0.25) is 0 Å². The number of carboxylic acids is 1. The highest BCUT2D eigenvalue weighted by Crippen LogP contribution is 2.19. The van der Waals surface area contributed by atoms with Crippen LogP contribution >= 0.6 is 11.8 Å². The summed E-state index contributed by atoms with van der Waals surface area (Å²) in [6.45, 7) is 0. The fourth-order valence-corrected chi connectivity index (χ4v) is 1.90. The molecule has 116 valence electrons. The number of urea groups is 1. The van der Waals surface area contributed by atoms with Crippen LogP contribution < -0.4 is 10.6 Å². The summed E-state index contributed by atoms with van der Waals surface area (Å²) in [5, 5.41) is 13.0. The first-order chi connectivity index (χ1) is 9.86. The molecule has 9 heteroatoms. The lowest BCUT2D eigenvalue weighted by Crippen LogP contribution is -2.43. The predicted octanol–water partition coefficient (Wildman–Crippen LogP) is 2.43. The van der Waals surface area contributed by atoms with Crippen molar-refractivity contribution in [3.63, 3.8) is 0 Å². The number of rotatable bonds is 6. The Labute approximate surface area is 122 Å². The Morgan fingerprint density at radius 1 is 1.29 bits per heavy atom. The van der Waals surface area contributed by atoms with E-state index in [9.17, 15) is 22.8 Å². The third-order valence-corrected chi connectivity index (χ3v) is 3.14. The zero-order valence-electron chi connectivity index (χ0n) is 11.0. The van der Waals surface area contributed by atoms with Crippen LogP contribution in [-0.2, 0) is 4.79 Å². The number of benzene rings is 1. The van der Waals surface area contributed by atoms with E-state index in [1.807, 2.05) is 5.32 Å². The predicted molar refractivity (Wildman–Crippen MR) is 72.9 cm³/mol. The van der Waals surface area contributed by atoms with Gasteiger partial charge in [-0.1, -0.05) is 0 Å². The van der Waals surface area contributed by atoms with Crippen LogP contribution in [0.2, 0.25) is 0 Å². The van der Waals surface area contributed by atoms with Crippen LogP contribution in [0.15, 0.2) is 12.1 Å². The summed E-state index contributed by atoms with van der Waals surface area (Å²) < 4.78 is 39.1. The van der Waals surface area contributed by atoms with Gasteiger partial charge in [0.1, 0.15) is 6.04 Å². The van der Waals surface area contributed by atoms with E-state index in [0.717, 1.165) is 6.07 Å². The van der Waals surface area contributed by atoms with Crippen LogP contribution in [0.25, 0.3) is 0 Å². The van der Waals surface area contributed by atoms with Crippen LogP contribution in [-0.4, -0.2) is 35.2 Å². The molecule has 0 saturated heterocycles. The van der Waals surface area contributed by atoms with Crippen molar-refractivity contribution < 1.29 is 27.9 Å². The van der Waals surface area contributed by atoms with Crippen molar-refractivity contribution in [2.75, 3.05) is 17.3 Å². The summed E-state index contributed by atoms with van der Waals surface area (Å²) >= 11 is 1.40. The molecule has 0 aliphatic rings. The SMILES string of the molecule is CSCC[C@@H](NC(=O)Nc1ccc(F)c(F)c1F)C(=O)O. The minimum absolute atomic E-state index is 0.171. The number of carbonyl (C=O) groups is 2. The third kappa shape index (κ3) is 4.85. The highest BCUT2D eigenvalue weighted by atomic mass is 32.2. The topological polar surface area (TPSA) is 78.4 Å². The number of anilines is 1. The van der Waals surface area contributed by atoms with Crippen molar-refractivity contribution in [1.29, 1.82) is 0 Å². The van der Waals surface area contributed by atoms with Gasteiger partial charge >= 0.3 is 12.0 Å². The van der Waals surface area contributed by atoms with E-state index in [1.165, 1.54) is 11.8 Å². The van der Waals surface area contributed by atoms with Gasteiger partial charge in [-0.2, -0.15) is 11.8 Å². The molecule has 21 heavy (non-hydrogen) atoms. The van der Waals surface area contributed by atoms with Gasteiger partial charge in [0.15, 0.2) is 17.5 Å². The summed E-state index contributed by atoms with van der Waals surface area (Å²) in [5.74, 6) is -5.41. The second-order valence-electron chi connectivity index (χ2n) is 3.99. The lowest BCUT2D eigenvalue weighted by molar-refractivity contribution is -0.139. The second kappa shape index (κ2) is 7.77. The molecule has 0 unspecified atom stereocenters. The fraction of sp³-hybridized carbons (Fsp3) is 0.333. The standard InChI is InChI=1S/C12H13F3N2O3S/c1-21-5-4-8(11(18)19)17-12(20)16-7-3-2-6(13)9(14)10(7)15/h2-3,8H,4-5H2,1H3,(H,18,19)(H2,16,17,20)/t8-/m1/s1. The highest BCUT2D eigenvalue weighted by Gasteiger charge is 2.21. The van der Waals surface area contributed by atoms with E-state index in [-0.39, 0.29) is 6.42 Å². The second-order valence-corrected chi connectivity index (χ2v) is 4.98. The molecule has 0 spiro atoms. The van der Waals surface area contributed by atoms with Crippen molar-refractivity contribution in [3.05, 3.63) is 29.6 Å². The molecule has 0 aliphatic heterocycles. The average Bonchev–Trinajstić information content (AvgIpc) is 2.43. The minimum Gasteiger partial charge on any atom is -0.480 e. The van der Waals surface area contributed by atoms with Gasteiger partial charge in [-0.15, -0.1) is 0 Å². The van der Waals surface area contributed by atoms with E-state index >= 15 is 0 Å². The van der Waals surface area contributed by atoms with Crippen LogP contribution in [0.4, 0.5) is 23.7 Å². The molecule has 5 nitrogen and oxygen atoms in total. The highest BCUT2D eigenvalue weighted by molar-refractivity contribution is 7.98. The molecular weight excluding hydrogens is 309 g/mol. The van der Waals surface area contributed by atoms with E-state index in [2.05, 4.69) is 5.32 Å². The van der Waals surface area contributed by atoms with Crippen LogP contribution in [0.5, 0.6) is 0 Å². The first kappa shape index (κ1) is 17.2. The molecule has 0 saturated carbocycles. The maximum Gasteiger partial charge on any atom is 0.326 e. The Morgan fingerprint density at radius 2 is 1.95 bits per heavy atom. The monoisotopic (exact) mass is 322 g/mol. The quantitative estimate of drug-likeness (QED) is 0.703. The van der Waals surface area contributed by atoms with Gasteiger partial charge in [-0.25, -0.2) is 22.8 Å². The molecule has 1 rings (SSSR count). The smallest absolute Gasteiger partial charge is 0.326 e. The van der Waals surface area contributed by atoms with E-state index < -0.39 is 41.2 Å². The number of carboxylic acid groups (broad SMARTS) is 1. The van der Waals surface area contributed by atoms with Crippen molar-refractivity contribution >= 4 is 29.4 Å². The number of carbonyl (C=O) groups excluding carboxylic acids is 1. The molecule has 0 bridgehead atoms. The van der Waals surface area contributed by atoms with Crippen molar-refractivity contribution in [3.8, 4) is 0 Å². The number of aliphatic carboxylic acids is 1. The van der Waals surface area contributed by atoms with E-state index in [0.29, 0.717) is 11.8 Å². The average molecular weight is 322 g/mol. The van der Waals surface area contributed by atoms with Crippen LogP contribution in [0.1, 0.15) is 6.42 Å². The summed E-state index contributed by atoms with van der Waals surface area (Å²) in [4.78, 5) is 22.5. The van der Waals surface area contributed by atoms with Crippen LogP contribution in [0.3, 0.4) is 0 Å². The Hall–Kier alpha value is -1.90. The number of hydrogen-bond acceptors (Lipinski definition) is 3.